The van der Waals surface area contributed by atoms with Gasteiger partial charge in [-0.3, -0.25) is 14.8 Å². The predicted octanol–water partition coefficient (Wildman–Crippen LogP) is 1.97. The van der Waals surface area contributed by atoms with Crippen molar-refractivity contribution in [3.05, 3.63) is 29.6 Å². The van der Waals surface area contributed by atoms with Crippen molar-refractivity contribution in [1.29, 1.82) is 0 Å². The van der Waals surface area contributed by atoms with Crippen molar-refractivity contribution in [2.75, 3.05) is 6.54 Å². The van der Waals surface area contributed by atoms with Gasteiger partial charge in [0.05, 0.1) is 17.8 Å². The molecule has 0 spiro atoms. The average molecular weight is 261 g/mol. The Morgan fingerprint density at radius 1 is 1.44 bits per heavy atom. The van der Waals surface area contributed by atoms with E-state index in [4.69, 9.17) is 0 Å². The number of halogens is 3. The molecule has 0 unspecified atom stereocenters. The second-order valence-electron chi connectivity index (χ2n) is 3.63. The molecule has 0 aliphatic rings. The highest BCUT2D eigenvalue weighted by Gasteiger charge is 2.30. The zero-order chi connectivity index (χ0) is 13.8. The van der Waals surface area contributed by atoms with Gasteiger partial charge in [-0.2, -0.15) is 13.2 Å². The van der Waals surface area contributed by atoms with Crippen molar-refractivity contribution < 1.29 is 18.0 Å². The topological polar surface area (TPSA) is 45.2 Å². The standard InChI is InChI=1S/C11H14F3N3O/c1-3-17(8(2)18)16-7-10-5-4-9(6-15-10)11(12,13)14/h4-6,16H,3,7H2,1-2H3. The smallest absolute Gasteiger partial charge is 0.278 e. The number of hydrogen-bond donors (Lipinski definition) is 1. The van der Waals surface area contributed by atoms with Gasteiger partial charge in [0.2, 0.25) is 5.91 Å². The fraction of sp³-hybridized carbons (Fsp3) is 0.455. The van der Waals surface area contributed by atoms with Gasteiger partial charge in [-0.1, -0.05) is 0 Å². The minimum atomic E-state index is -4.38. The molecule has 0 aliphatic heterocycles. The van der Waals surface area contributed by atoms with E-state index in [2.05, 4.69) is 10.4 Å². The largest absolute Gasteiger partial charge is 0.417 e. The zero-order valence-electron chi connectivity index (χ0n) is 10.1. The minimum Gasteiger partial charge on any atom is -0.278 e. The lowest BCUT2D eigenvalue weighted by molar-refractivity contribution is -0.137. The number of rotatable bonds is 4. The number of carbonyl (C=O) groups is 1. The molecule has 1 rings (SSSR count). The monoisotopic (exact) mass is 261 g/mol. The van der Waals surface area contributed by atoms with Crippen LogP contribution in [-0.2, 0) is 17.5 Å². The molecular formula is C11H14F3N3O. The fourth-order valence-corrected chi connectivity index (χ4v) is 1.32. The Morgan fingerprint density at radius 2 is 2.11 bits per heavy atom. The van der Waals surface area contributed by atoms with Crippen molar-refractivity contribution in [2.45, 2.75) is 26.6 Å². The molecule has 18 heavy (non-hydrogen) atoms. The Morgan fingerprint density at radius 3 is 2.50 bits per heavy atom. The maximum atomic E-state index is 12.3. The summed E-state index contributed by atoms with van der Waals surface area (Å²) in [5.74, 6) is -0.163. The third kappa shape index (κ3) is 3.99. The van der Waals surface area contributed by atoms with Crippen LogP contribution < -0.4 is 5.43 Å². The summed E-state index contributed by atoms with van der Waals surface area (Å²) in [5, 5.41) is 1.36. The van der Waals surface area contributed by atoms with Crippen LogP contribution in [-0.4, -0.2) is 22.4 Å². The molecule has 0 saturated carbocycles. The van der Waals surface area contributed by atoms with Crippen LogP contribution in [0.3, 0.4) is 0 Å². The highest BCUT2D eigenvalue weighted by atomic mass is 19.4. The van der Waals surface area contributed by atoms with Crippen LogP contribution in [0, 0.1) is 0 Å². The summed E-state index contributed by atoms with van der Waals surface area (Å²) in [6.45, 7) is 3.85. The second-order valence-corrected chi connectivity index (χ2v) is 3.63. The normalized spacial score (nSPS) is 11.4. The summed E-state index contributed by atoms with van der Waals surface area (Å²) in [5.41, 5.74) is 2.43. The lowest BCUT2D eigenvalue weighted by atomic mass is 10.2. The summed E-state index contributed by atoms with van der Waals surface area (Å²) >= 11 is 0. The van der Waals surface area contributed by atoms with E-state index in [1.807, 2.05) is 0 Å². The first-order valence-corrected chi connectivity index (χ1v) is 5.38. The van der Waals surface area contributed by atoms with E-state index in [1.54, 1.807) is 6.92 Å². The molecule has 0 bridgehead atoms. The van der Waals surface area contributed by atoms with Crippen LogP contribution in [0.25, 0.3) is 0 Å². The van der Waals surface area contributed by atoms with E-state index in [0.29, 0.717) is 12.2 Å². The minimum absolute atomic E-state index is 0.163. The Balaban J connectivity index is 2.62. The van der Waals surface area contributed by atoms with E-state index in [9.17, 15) is 18.0 Å². The first kappa shape index (κ1) is 14.4. The quantitative estimate of drug-likeness (QED) is 0.843. The van der Waals surface area contributed by atoms with Crippen molar-refractivity contribution >= 4 is 5.91 Å². The van der Waals surface area contributed by atoms with Gasteiger partial charge >= 0.3 is 6.18 Å². The lowest BCUT2D eigenvalue weighted by Gasteiger charge is -2.19. The summed E-state index contributed by atoms with van der Waals surface area (Å²) in [4.78, 5) is 14.8. The molecule has 0 atom stereocenters. The number of alkyl halides is 3. The number of aromatic nitrogens is 1. The third-order valence-corrected chi connectivity index (χ3v) is 2.30. The lowest BCUT2D eigenvalue weighted by Crippen LogP contribution is -2.40. The van der Waals surface area contributed by atoms with Crippen LogP contribution in [0.15, 0.2) is 18.3 Å². The van der Waals surface area contributed by atoms with Crippen LogP contribution >= 0.6 is 0 Å². The molecule has 1 N–H and O–H groups in total. The Hall–Kier alpha value is -1.63. The van der Waals surface area contributed by atoms with Gasteiger partial charge in [0.25, 0.3) is 0 Å². The van der Waals surface area contributed by atoms with Gasteiger partial charge in [0.1, 0.15) is 0 Å². The fourth-order valence-electron chi connectivity index (χ4n) is 1.32. The predicted molar refractivity (Wildman–Crippen MR) is 59.1 cm³/mol. The maximum absolute atomic E-state index is 12.3. The molecule has 0 fully saturated rings. The maximum Gasteiger partial charge on any atom is 0.417 e. The van der Waals surface area contributed by atoms with E-state index in [1.165, 1.54) is 18.0 Å². The van der Waals surface area contributed by atoms with Crippen molar-refractivity contribution in [2.24, 2.45) is 0 Å². The van der Waals surface area contributed by atoms with Crippen LogP contribution in [0.5, 0.6) is 0 Å². The van der Waals surface area contributed by atoms with Crippen LogP contribution in [0.1, 0.15) is 25.1 Å². The molecule has 1 aromatic rings. The molecular weight excluding hydrogens is 247 g/mol. The van der Waals surface area contributed by atoms with Crippen LogP contribution in [0.2, 0.25) is 0 Å². The highest BCUT2D eigenvalue weighted by Crippen LogP contribution is 2.28. The number of pyridine rings is 1. The molecule has 0 radical (unpaired) electrons. The SMILES string of the molecule is CCN(NCc1ccc(C(F)(F)F)cn1)C(C)=O. The number of carbonyl (C=O) groups excluding carboxylic acids is 1. The molecule has 100 valence electrons. The van der Waals surface area contributed by atoms with Gasteiger partial charge in [-0.15, -0.1) is 0 Å². The van der Waals surface area contributed by atoms with E-state index in [-0.39, 0.29) is 12.5 Å². The number of nitrogens with one attached hydrogen (secondary N) is 1. The molecule has 4 nitrogen and oxygen atoms in total. The average Bonchev–Trinajstić information content (AvgIpc) is 2.29. The van der Waals surface area contributed by atoms with Crippen molar-refractivity contribution in [1.82, 2.24) is 15.4 Å². The number of nitrogens with zero attached hydrogens (tertiary/aromatic N) is 2. The molecule has 0 aliphatic carbocycles. The van der Waals surface area contributed by atoms with E-state index < -0.39 is 11.7 Å². The zero-order valence-corrected chi connectivity index (χ0v) is 10.1. The molecule has 0 aromatic carbocycles. The Bertz CT molecular complexity index is 403. The molecule has 7 heteroatoms. The second kappa shape index (κ2) is 5.81. The number of hydrogen-bond acceptors (Lipinski definition) is 3. The Labute approximate surface area is 103 Å². The summed E-state index contributed by atoms with van der Waals surface area (Å²) in [6.07, 6.45) is -3.60. The molecule has 1 heterocycles. The number of hydrazine groups is 1. The summed E-state index contributed by atoms with van der Waals surface area (Å²) in [6, 6.07) is 2.25. The third-order valence-electron chi connectivity index (χ3n) is 2.30. The highest BCUT2D eigenvalue weighted by molar-refractivity contribution is 5.72. The van der Waals surface area contributed by atoms with E-state index >= 15 is 0 Å². The molecule has 1 aromatic heterocycles. The van der Waals surface area contributed by atoms with Gasteiger partial charge in [0, 0.05) is 19.7 Å². The van der Waals surface area contributed by atoms with E-state index in [0.717, 1.165) is 12.3 Å². The first-order chi connectivity index (χ1) is 8.34. The number of amides is 1. The van der Waals surface area contributed by atoms with Crippen molar-refractivity contribution in [3.63, 3.8) is 0 Å². The summed E-state index contributed by atoms with van der Waals surface area (Å²) < 4.78 is 36.9. The van der Waals surface area contributed by atoms with Gasteiger partial charge < -0.3 is 0 Å². The van der Waals surface area contributed by atoms with Gasteiger partial charge in [-0.05, 0) is 19.1 Å². The van der Waals surface area contributed by atoms with Gasteiger partial charge in [0.15, 0.2) is 0 Å². The first-order valence-electron chi connectivity index (χ1n) is 5.38. The molecule has 0 saturated heterocycles. The van der Waals surface area contributed by atoms with Crippen molar-refractivity contribution in [3.8, 4) is 0 Å². The molecule has 1 amide bonds. The van der Waals surface area contributed by atoms with Gasteiger partial charge in [-0.25, -0.2) is 5.43 Å². The Kier molecular flexibility index (Phi) is 4.66. The summed E-state index contributed by atoms with van der Waals surface area (Å²) in [7, 11) is 0. The van der Waals surface area contributed by atoms with Crippen LogP contribution in [0.4, 0.5) is 13.2 Å².